The molecule has 1 N–H and O–H groups in total. The predicted octanol–water partition coefficient (Wildman–Crippen LogP) is 2.71. The smallest absolute Gasteiger partial charge is 0.341 e. The SMILES string of the molecule is CNc1ccccc1C(=O)O[C@H](C(=O)N(C)C)c1ccccc1. The van der Waals surface area contributed by atoms with Gasteiger partial charge in [-0.05, 0) is 12.1 Å². The van der Waals surface area contributed by atoms with Gasteiger partial charge in [-0.2, -0.15) is 0 Å². The van der Waals surface area contributed by atoms with Crippen LogP contribution in [0.1, 0.15) is 22.0 Å². The van der Waals surface area contributed by atoms with E-state index in [1.807, 2.05) is 12.1 Å². The Labute approximate surface area is 135 Å². The first-order valence-electron chi connectivity index (χ1n) is 7.28. The first-order valence-corrected chi connectivity index (χ1v) is 7.28. The minimum atomic E-state index is -0.969. The molecule has 23 heavy (non-hydrogen) atoms. The first kappa shape index (κ1) is 16.5. The molecule has 0 spiro atoms. The molecule has 5 heteroatoms. The van der Waals surface area contributed by atoms with Gasteiger partial charge in [0.05, 0.1) is 5.56 Å². The standard InChI is InChI=1S/C18H20N2O3/c1-19-15-12-8-7-11-14(15)18(22)23-16(17(21)20(2)3)13-9-5-4-6-10-13/h4-12,16,19H,1-3H3/t16-/m0/s1. The number of esters is 1. The molecule has 0 aliphatic carbocycles. The van der Waals surface area contributed by atoms with E-state index in [1.54, 1.807) is 63.6 Å². The maximum absolute atomic E-state index is 12.5. The zero-order valence-corrected chi connectivity index (χ0v) is 13.4. The molecule has 0 aromatic heterocycles. The van der Waals surface area contributed by atoms with Crippen molar-refractivity contribution in [2.75, 3.05) is 26.5 Å². The monoisotopic (exact) mass is 312 g/mol. The summed E-state index contributed by atoms with van der Waals surface area (Å²) in [4.78, 5) is 26.3. The molecular weight excluding hydrogens is 292 g/mol. The van der Waals surface area contributed by atoms with Crippen LogP contribution in [0.25, 0.3) is 0 Å². The summed E-state index contributed by atoms with van der Waals surface area (Å²) in [5.74, 6) is -0.828. The molecule has 0 heterocycles. The van der Waals surface area contributed by atoms with Crippen LogP contribution in [0.15, 0.2) is 54.6 Å². The van der Waals surface area contributed by atoms with Gasteiger partial charge in [0.1, 0.15) is 0 Å². The average molecular weight is 312 g/mol. The molecule has 1 atom stereocenters. The Morgan fingerprint density at radius 3 is 2.22 bits per heavy atom. The van der Waals surface area contributed by atoms with E-state index in [9.17, 15) is 9.59 Å². The molecule has 2 aromatic rings. The number of hydrogen-bond acceptors (Lipinski definition) is 4. The Bertz CT molecular complexity index is 684. The van der Waals surface area contributed by atoms with E-state index in [1.165, 1.54) is 4.90 Å². The molecule has 0 saturated carbocycles. The average Bonchev–Trinajstić information content (AvgIpc) is 2.59. The molecule has 0 saturated heterocycles. The van der Waals surface area contributed by atoms with Crippen molar-refractivity contribution in [3.05, 3.63) is 65.7 Å². The van der Waals surface area contributed by atoms with Crippen LogP contribution in [0.3, 0.4) is 0 Å². The van der Waals surface area contributed by atoms with Crippen LogP contribution in [0, 0.1) is 0 Å². The number of ether oxygens (including phenoxy) is 1. The molecular formula is C18H20N2O3. The minimum absolute atomic E-state index is 0.286. The van der Waals surface area contributed by atoms with E-state index in [0.717, 1.165) is 0 Å². The summed E-state index contributed by atoms with van der Waals surface area (Å²) < 4.78 is 5.52. The van der Waals surface area contributed by atoms with Gasteiger partial charge in [-0.3, -0.25) is 4.79 Å². The van der Waals surface area contributed by atoms with Crippen LogP contribution in [0.4, 0.5) is 5.69 Å². The van der Waals surface area contributed by atoms with Crippen LogP contribution in [-0.2, 0) is 9.53 Å². The van der Waals surface area contributed by atoms with Crippen LogP contribution in [0.2, 0.25) is 0 Å². The van der Waals surface area contributed by atoms with E-state index in [2.05, 4.69) is 5.32 Å². The van der Waals surface area contributed by atoms with Gasteiger partial charge >= 0.3 is 5.97 Å². The number of likely N-dealkylation sites (N-methyl/N-ethyl adjacent to an activating group) is 1. The van der Waals surface area contributed by atoms with E-state index >= 15 is 0 Å². The van der Waals surface area contributed by atoms with Gasteiger partial charge in [-0.25, -0.2) is 4.79 Å². The maximum Gasteiger partial charge on any atom is 0.341 e. The third-order valence-electron chi connectivity index (χ3n) is 3.41. The molecule has 0 bridgehead atoms. The van der Waals surface area contributed by atoms with Crippen molar-refractivity contribution in [1.82, 2.24) is 4.90 Å². The second-order valence-electron chi connectivity index (χ2n) is 5.22. The molecule has 2 aromatic carbocycles. The lowest BCUT2D eigenvalue weighted by atomic mass is 10.1. The number of amides is 1. The van der Waals surface area contributed by atoms with Crippen LogP contribution in [0.5, 0.6) is 0 Å². The van der Waals surface area contributed by atoms with Gasteiger partial charge in [-0.15, -0.1) is 0 Å². The fraction of sp³-hybridized carbons (Fsp3) is 0.222. The lowest BCUT2D eigenvalue weighted by molar-refractivity contribution is -0.138. The number of carbonyl (C=O) groups excluding carboxylic acids is 2. The number of rotatable bonds is 5. The number of anilines is 1. The Morgan fingerprint density at radius 2 is 1.61 bits per heavy atom. The second kappa shape index (κ2) is 7.45. The van der Waals surface area contributed by atoms with Gasteiger partial charge < -0.3 is 15.0 Å². The zero-order valence-electron chi connectivity index (χ0n) is 13.4. The van der Waals surface area contributed by atoms with Gasteiger partial charge in [0.15, 0.2) is 0 Å². The predicted molar refractivity (Wildman–Crippen MR) is 89.3 cm³/mol. The third-order valence-corrected chi connectivity index (χ3v) is 3.41. The van der Waals surface area contributed by atoms with Crippen molar-refractivity contribution in [2.24, 2.45) is 0 Å². The second-order valence-corrected chi connectivity index (χ2v) is 5.22. The normalized spacial score (nSPS) is 11.4. The van der Waals surface area contributed by atoms with Crippen molar-refractivity contribution < 1.29 is 14.3 Å². The highest BCUT2D eigenvalue weighted by Crippen LogP contribution is 2.23. The highest BCUT2D eigenvalue weighted by atomic mass is 16.5. The quantitative estimate of drug-likeness (QED) is 0.863. The number of hydrogen-bond donors (Lipinski definition) is 1. The third kappa shape index (κ3) is 3.88. The Balaban J connectivity index is 2.31. The number of nitrogens with zero attached hydrogens (tertiary/aromatic N) is 1. The van der Waals surface area contributed by atoms with E-state index < -0.39 is 12.1 Å². The van der Waals surface area contributed by atoms with Gasteiger partial charge in [0.2, 0.25) is 6.10 Å². The van der Waals surface area contributed by atoms with Crippen LogP contribution >= 0.6 is 0 Å². The summed E-state index contributed by atoms with van der Waals surface area (Å²) in [5, 5.41) is 2.95. The molecule has 1 amide bonds. The minimum Gasteiger partial charge on any atom is -0.444 e. The first-order chi connectivity index (χ1) is 11.0. The van der Waals surface area contributed by atoms with Crippen LogP contribution < -0.4 is 5.32 Å². The number of nitrogens with one attached hydrogen (secondary N) is 1. The number of carbonyl (C=O) groups is 2. The Morgan fingerprint density at radius 1 is 1.00 bits per heavy atom. The summed E-state index contributed by atoms with van der Waals surface area (Å²) >= 11 is 0. The summed E-state index contributed by atoms with van der Waals surface area (Å²) in [6.45, 7) is 0. The van der Waals surface area contributed by atoms with Crippen molar-refractivity contribution in [3.8, 4) is 0 Å². The van der Waals surface area contributed by atoms with Crippen LogP contribution in [-0.4, -0.2) is 37.9 Å². The van der Waals surface area contributed by atoms with Crippen molar-refractivity contribution in [1.29, 1.82) is 0 Å². The van der Waals surface area contributed by atoms with Crippen molar-refractivity contribution in [3.63, 3.8) is 0 Å². The van der Waals surface area contributed by atoms with Gasteiger partial charge in [-0.1, -0.05) is 42.5 Å². The maximum atomic E-state index is 12.5. The molecule has 120 valence electrons. The lowest BCUT2D eigenvalue weighted by Gasteiger charge is -2.21. The summed E-state index contributed by atoms with van der Waals surface area (Å²) in [5.41, 5.74) is 1.69. The van der Waals surface area contributed by atoms with E-state index in [0.29, 0.717) is 16.8 Å². The van der Waals surface area contributed by atoms with Gasteiger partial charge in [0.25, 0.3) is 5.91 Å². The molecule has 0 aliphatic rings. The summed E-state index contributed by atoms with van der Waals surface area (Å²) in [6.07, 6.45) is -0.969. The van der Waals surface area contributed by atoms with E-state index in [-0.39, 0.29) is 5.91 Å². The summed E-state index contributed by atoms with van der Waals surface area (Å²) in [7, 11) is 4.99. The van der Waals surface area contributed by atoms with Crippen molar-refractivity contribution >= 4 is 17.6 Å². The topological polar surface area (TPSA) is 58.6 Å². The highest BCUT2D eigenvalue weighted by molar-refractivity contribution is 5.97. The molecule has 5 nitrogen and oxygen atoms in total. The Kier molecular flexibility index (Phi) is 5.36. The molecule has 0 aliphatic heterocycles. The molecule has 0 fully saturated rings. The molecule has 0 unspecified atom stereocenters. The fourth-order valence-electron chi connectivity index (χ4n) is 2.17. The molecule has 2 rings (SSSR count). The lowest BCUT2D eigenvalue weighted by Crippen LogP contribution is -2.31. The highest BCUT2D eigenvalue weighted by Gasteiger charge is 2.27. The van der Waals surface area contributed by atoms with E-state index in [4.69, 9.17) is 4.74 Å². The number of para-hydroxylation sites is 1. The zero-order chi connectivity index (χ0) is 16.8. The Hall–Kier alpha value is -2.82. The van der Waals surface area contributed by atoms with Gasteiger partial charge in [0, 0.05) is 32.4 Å². The van der Waals surface area contributed by atoms with Crippen molar-refractivity contribution in [2.45, 2.75) is 6.10 Å². The number of benzene rings is 2. The fourth-order valence-corrected chi connectivity index (χ4v) is 2.17. The summed E-state index contributed by atoms with van der Waals surface area (Å²) in [6, 6.07) is 16.0. The molecule has 0 radical (unpaired) electrons. The largest absolute Gasteiger partial charge is 0.444 e.